The predicted molar refractivity (Wildman–Crippen MR) is 140 cm³/mol. The van der Waals surface area contributed by atoms with Crippen LogP contribution >= 0.6 is 0 Å². The summed E-state index contributed by atoms with van der Waals surface area (Å²) in [6.07, 6.45) is 1.52. The van der Waals surface area contributed by atoms with Gasteiger partial charge >= 0.3 is 0 Å². The summed E-state index contributed by atoms with van der Waals surface area (Å²) in [6.45, 7) is 6.52. The van der Waals surface area contributed by atoms with E-state index < -0.39 is 38.1 Å². The number of ether oxygens (including phenoxy) is 2. The van der Waals surface area contributed by atoms with Gasteiger partial charge in [-0.05, 0) is 51.1 Å². The molecule has 2 aromatic rings. The van der Waals surface area contributed by atoms with Crippen molar-refractivity contribution in [2.75, 3.05) is 43.4 Å². The number of aryl methyl sites for hydroxylation is 1. The van der Waals surface area contributed by atoms with Crippen molar-refractivity contribution in [1.29, 1.82) is 0 Å². The second-order valence-corrected chi connectivity index (χ2v) is 13.9. The van der Waals surface area contributed by atoms with Gasteiger partial charge in [-0.25, -0.2) is 16.8 Å². The summed E-state index contributed by atoms with van der Waals surface area (Å²) < 4.78 is 64.6. The molecule has 2 aromatic carbocycles. The molecule has 0 spiro atoms. The van der Waals surface area contributed by atoms with Crippen molar-refractivity contribution in [3.63, 3.8) is 0 Å². The molecule has 12 heteroatoms. The number of rotatable bonds is 7. The number of benzene rings is 2. The SMILES string of the molecule is Cc1ccc2c(c1)C(NC(=O)CN(c1ccc(S(=O)(=O)N3CCOCC3)cc1)S(C)(=O)=O)CC(C)(C)O2. The lowest BCUT2D eigenvalue weighted by atomic mass is 9.89. The monoisotopic (exact) mass is 551 g/mol. The van der Waals surface area contributed by atoms with E-state index in [9.17, 15) is 21.6 Å². The molecule has 1 saturated heterocycles. The van der Waals surface area contributed by atoms with Gasteiger partial charge < -0.3 is 14.8 Å². The van der Waals surface area contributed by atoms with Crippen molar-refractivity contribution in [1.82, 2.24) is 9.62 Å². The summed E-state index contributed by atoms with van der Waals surface area (Å²) in [5, 5.41) is 2.97. The fraction of sp³-hybridized carbons (Fsp3) is 0.480. The van der Waals surface area contributed by atoms with Crippen molar-refractivity contribution in [3.05, 3.63) is 53.6 Å². The normalized spacial score (nSPS) is 19.9. The quantitative estimate of drug-likeness (QED) is 0.560. The zero-order valence-electron chi connectivity index (χ0n) is 21.4. The van der Waals surface area contributed by atoms with Gasteiger partial charge in [0.2, 0.25) is 26.0 Å². The fourth-order valence-corrected chi connectivity index (χ4v) is 6.86. The van der Waals surface area contributed by atoms with Gasteiger partial charge in [-0.2, -0.15) is 4.31 Å². The highest BCUT2D eigenvalue weighted by molar-refractivity contribution is 7.92. The van der Waals surface area contributed by atoms with Crippen molar-refractivity contribution in [2.45, 2.75) is 43.7 Å². The Balaban J connectivity index is 1.53. The minimum atomic E-state index is -3.84. The number of anilines is 1. The highest BCUT2D eigenvalue weighted by Gasteiger charge is 2.35. The lowest BCUT2D eigenvalue weighted by Crippen LogP contribution is -2.45. The summed E-state index contributed by atoms with van der Waals surface area (Å²) in [5.41, 5.74) is 1.54. The van der Waals surface area contributed by atoms with E-state index in [2.05, 4.69) is 5.32 Å². The molecule has 0 aromatic heterocycles. The highest BCUT2D eigenvalue weighted by atomic mass is 32.2. The van der Waals surface area contributed by atoms with Gasteiger partial charge in [0.15, 0.2) is 0 Å². The first-order chi connectivity index (χ1) is 17.3. The molecule has 2 aliphatic heterocycles. The molecule has 0 aliphatic carbocycles. The summed E-state index contributed by atoms with van der Waals surface area (Å²) in [5.74, 6) is 0.204. The number of nitrogens with one attached hydrogen (secondary N) is 1. The number of amides is 1. The Morgan fingerprint density at radius 1 is 1.08 bits per heavy atom. The topological polar surface area (TPSA) is 122 Å². The van der Waals surface area contributed by atoms with Crippen molar-refractivity contribution < 1.29 is 31.1 Å². The van der Waals surface area contributed by atoms with Crippen molar-refractivity contribution in [2.24, 2.45) is 0 Å². The van der Waals surface area contributed by atoms with Crippen LogP contribution in [0.3, 0.4) is 0 Å². The maximum absolute atomic E-state index is 13.1. The Morgan fingerprint density at radius 2 is 1.73 bits per heavy atom. The number of nitrogens with zero attached hydrogens (tertiary/aromatic N) is 2. The molecular weight excluding hydrogens is 518 g/mol. The maximum atomic E-state index is 13.1. The largest absolute Gasteiger partial charge is 0.487 e. The summed E-state index contributed by atoms with van der Waals surface area (Å²) in [4.78, 5) is 13.2. The average molecular weight is 552 g/mol. The van der Waals surface area contributed by atoms with Gasteiger partial charge in [-0.15, -0.1) is 0 Å². The zero-order chi connectivity index (χ0) is 27.0. The predicted octanol–water partition coefficient (Wildman–Crippen LogP) is 2.20. The smallest absolute Gasteiger partial charge is 0.243 e. The Morgan fingerprint density at radius 3 is 2.35 bits per heavy atom. The summed E-state index contributed by atoms with van der Waals surface area (Å²) >= 11 is 0. The zero-order valence-corrected chi connectivity index (χ0v) is 23.1. The van der Waals surface area contributed by atoms with Crippen LogP contribution in [0.15, 0.2) is 47.4 Å². The molecule has 10 nitrogen and oxygen atoms in total. The molecule has 0 radical (unpaired) electrons. The third-order valence-electron chi connectivity index (χ3n) is 6.38. The fourth-order valence-electron chi connectivity index (χ4n) is 4.59. The Kier molecular flexibility index (Phi) is 7.57. The molecule has 1 fully saturated rings. The number of carbonyl (C=O) groups is 1. The Bertz CT molecular complexity index is 1370. The van der Waals surface area contributed by atoms with Gasteiger partial charge in [0.05, 0.1) is 36.1 Å². The van der Waals surface area contributed by atoms with E-state index in [4.69, 9.17) is 9.47 Å². The van der Waals surface area contributed by atoms with Crippen LogP contribution in [0.25, 0.3) is 0 Å². The van der Waals surface area contributed by atoms with E-state index in [1.807, 2.05) is 39.0 Å². The van der Waals surface area contributed by atoms with Crippen LogP contribution in [0, 0.1) is 6.92 Å². The lowest BCUT2D eigenvalue weighted by Gasteiger charge is -2.38. The minimum Gasteiger partial charge on any atom is -0.487 e. The maximum Gasteiger partial charge on any atom is 0.243 e. The third-order valence-corrected chi connectivity index (χ3v) is 9.43. The molecule has 1 amide bonds. The van der Waals surface area contributed by atoms with Crippen LogP contribution in [-0.4, -0.2) is 71.8 Å². The van der Waals surface area contributed by atoms with Gasteiger partial charge in [0, 0.05) is 25.1 Å². The van der Waals surface area contributed by atoms with Crippen LogP contribution in [0.4, 0.5) is 5.69 Å². The third kappa shape index (κ3) is 6.25. The van der Waals surface area contributed by atoms with E-state index in [-0.39, 0.29) is 29.7 Å². The van der Waals surface area contributed by atoms with Crippen molar-refractivity contribution >= 4 is 31.6 Å². The number of fused-ring (bicyclic) bond motifs is 1. The van der Waals surface area contributed by atoms with E-state index in [1.54, 1.807) is 0 Å². The molecule has 37 heavy (non-hydrogen) atoms. The van der Waals surface area contributed by atoms with Crippen LogP contribution in [0.1, 0.15) is 37.4 Å². The molecule has 202 valence electrons. The average Bonchev–Trinajstić information content (AvgIpc) is 2.82. The van der Waals surface area contributed by atoms with Gasteiger partial charge in [-0.1, -0.05) is 17.7 Å². The number of morpholine rings is 1. The first kappa shape index (κ1) is 27.4. The Hall–Kier alpha value is -2.67. The van der Waals surface area contributed by atoms with Crippen LogP contribution < -0.4 is 14.4 Å². The lowest BCUT2D eigenvalue weighted by molar-refractivity contribution is -0.120. The number of hydrogen-bond donors (Lipinski definition) is 1. The molecule has 0 bridgehead atoms. The van der Waals surface area contributed by atoms with Gasteiger partial charge in [0.1, 0.15) is 17.9 Å². The molecule has 0 saturated carbocycles. The van der Waals surface area contributed by atoms with Crippen LogP contribution in [-0.2, 0) is 29.6 Å². The summed E-state index contributed by atoms with van der Waals surface area (Å²) in [6, 6.07) is 10.9. The highest BCUT2D eigenvalue weighted by Crippen LogP contribution is 2.40. The van der Waals surface area contributed by atoms with E-state index in [1.165, 1.54) is 28.6 Å². The number of carbonyl (C=O) groups excluding carboxylic acids is 1. The van der Waals surface area contributed by atoms with Gasteiger partial charge in [0.25, 0.3) is 0 Å². The molecule has 4 rings (SSSR count). The molecule has 1 N–H and O–H groups in total. The minimum absolute atomic E-state index is 0.0486. The van der Waals surface area contributed by atoms with E-state index in [0.717, 1.165) is 21.7 Å². The molecular formula is C25H33N3O7S2. The first-order valence-corrected chi connectivity index (χ1v) is 15.3. The van der Waals surface area contributed by atoms with E-state index in [0.29, 0.717) is 25.4 Å². The molecule has 1 unspecified atom stereocenters. The van der Waals surface area contributed by atoms with Crippen molar-refractivity contribution in [3.8, 4) is 5.75 Å². The number of hydrogen-bond acceptors (Lipinski definition) is 7. The second-order valence-electron chi connectivity index (χ2n) is 10.0. The molecule has 2 aliphatic rings. The second kappa shape index (κ2) is 10.2. The Labute approximate surface area is 218 Å². The summed E-state index contributed by atoms with van der Waals surface area (Å²) in [7, 11) is -7.57. The van der Waals surface area contributed by atoms with E-state index >= 15 is 0 Å². The van der Waals surface area contributed by atoms with Gasteiger partial charge in [-0.3, -0.25) is 9.10 Å². The first-order valence-electron chi connectivity index (χ1n) is 12.0. The van der Waals surface area contributed by atoms with Crippen LogP contribution in [0.5, 0.6) is 5.75 Å². The molecule has 2 heterocycles. The van der Waals surface area contributed by atoms with Crippen LogP contribution in [0.2, 0.25) is 0 Å². The standard InChI is InChI=1S/C25H33N3O7S2/c1-18-5-10-23-21(15-18)22(16-25(2,3)35-23)26-24(29)17-28(36(4,30)31)19-6-8-20(9-7-19)37(32,33)27-11-13-34-14-12-27/h5-10,15,22H,11-14,16-17H2,1-4H3,(H,26,29). The molecule has 1 atom stereocenters. The number of sulfonamides is 2.